The highest BCUT2D eigenvalue weighted by Gasteiger charge is 2.25. The van der Waals surface area contributed by atoms with Crippen molar-refractivity contribution in [1.82, 2.24) is 9.80 Å². The monoisotopic (exact) mass is 316 g/mol. The summed E-state index contributed by atoms with van der Waals surface area (Å²) in [5.74, 6) is 1.16. The van der Waals surface area contributed by atoms with Crippen LogP contribution in [0.4, 0.5) is 0 Å². The van der Waals surface area contributed by atoms with Gasteiger partial charge in [-0.25, -0.2) is 0 Å². The van der Waals surface area contributed by atoms with Crippen molar-refractivity contribution in [2.45, 2.75) is 32.6 Å². The zero-order chi connectivity index (χ0) is 16.2. The molecule has 0 atom stereocenters. The van der Waals surface area contributed by atoms with Crippen molar-refractivity contribution >= 4 is 11.8 Å². The van der Waals surface area contributed by atoms with Gasteiger partial charge >= 0.3 is 0 Å². The zero-order valence-electron chi connectivity index (χ0n) is 13.7. The number of benzene rings is 1. The molecule has 2 amide bonds. The molecule has 0 unspecified atom stereocenters. The SMILES string of the molecule is CCCC(=O)N1CCN(C(=O)c2ccc3c(c2)CCCO3)CC1. The number of nitrogens with zero attached hydrogens (tertiary/aromatic N) is 2. The lowest BCUT2D eigenvalue weighted by Crippen LogP contribution is -2.50. The van der Waals surface area contributed by atoms with Crippen LogP contribution in [0.25, 0.3) is 0 Å². The average molecular weight is 316 g/mol. The largest absolute Gasteiger partial charge is 0.493 e. The smallest absolute Gasteiger partial charge is 0.253 e. The quantitative estimate of drug-likeness (QED) is 0.858. The molecule has 2 heterocycles. The van der Waals surface area contributed by atoms with E-state index >= 15 is 0 Å². The fourth-order valence-corrected chi connectivity index (χ4v) is 3.21. The molecular formula is C18H24N2O3. The summed E-state index contributed by atoms with van der Waals surface area (Å²) in [7, 11) is 0. The molecule has 124 valence electrons. The lowest BCUT2D eigenvalue weighted by molar-refractivity contribution is -0.132. The predicted octanol–water partition coefficient (Wildman–Crippen LogP) is 2.10. The van der Waals surface area contributed by atoms with Gasteiger partial charge in [-0.05, 0) is 43.0 Å². The Morgan fingerprint density at radius 2 is 1.87 bits per heavy atom. The number of fused-ring (bicyclic) bond motifs is 1. The molecule has 0 saturated carbocycles. The summed E-state index contributed by atoms with van der Waals surface area (Å²) in [6.07, 6.45) is 3.44. The van der Waals surface area contributed by atoms with Gasteiger partial charge < -0.3 is 14.5 Å². The molecule has 0 N–H and O–H groups in total. The topological polar surface area (TPSA) is 49.9 Å². The van der Waals surface area contributed by atoms with Crippen LogP contribution in [0.3, 0.4) is 0 Å². The highest BCUT2D eigenvalue weighted by Crippen LogP contribution is 2.26. The van der Waals surface area contributed by atoms with Crippen molar-refractivity contribution in [2.24, 2.45) is 0 Å². The Morgan fingerprint density at radius 3 is 2.61 bits per heavy atom. The average Bonchev–Trinajstić information content (AvgIpc) is 2.61. The lowest BCUT2D eigenvalue weighted by Gasteiger charge is -2.35. The summed E-state index contributed by atoms with van der Waals surface area (Å²) < 4.78 is 5.60. The number of piperazine rings is 1. The molecule has 2 aliphatic rings. The second kappa shape index (κ2) is 7.02. The Bertz CT molecular complexity index is 592. The van der Waals surface area contributed by atoms with Gasteiger partial charge in [0.1, 0.15) is 5.75 Å². The second-order valence-corrected chi connectivity index (χ2v) is 6.20. The van der Waals surface area contributed by atoms with E-state index in [1.165, 1.54) is 0 Å². The fourth-order valence-electron chi connectivity index (χ4n) is 3.21. The van der Waals surface area contributed by atoms with Crippen molar-refractivity contribution < 1.29 is 14.3 Å². The lowest BCUT2D eigenvalue weighted by atomic mass is 10.0. The predicted molar refractivity (Wildman–Crippen MR) is 87.6 cm³/mol. The Kier molecular flexibility index (Phi) is 4.84. The van der Waals surface area contributed by atoms with E-state index in [0.29, 0.717) is 32.6 Å². The first-order valence-corrected chi connectivity index (χ1v) is 8.52. The summed E-state index contributed by atoms with van der Waals surface area (Å²) in [6.45, 7) is 5.27. The van der Waals surface area contributed by atoms with Crippen LogP contribution in [0.5, 0.6) is 5.75 Å². The molecule has 3 rings (SSSR count). The summed E-state index contributed by atoms with van der Waals surface area (Å²) in [6, 6.07) is 5.72. The highest BCUT2D eigenvalue weighted by molar-refractivity contribution is 5.94. The van der Waals surface area contributed by atoms with Gasteiger partial charge in [0.2, 0.25) is 5.91 Å². The molecule has 1 aromatic rings. The van der Waals surface area contributed by atoms with Crippen molar-refractivity contribution in [3.8, 4) is 5.75 Å². The number of rotatable bonds is 3. The Labute approximate surface area is 137 Å². The van der Waals surface area contributed by atoms with Crippen LogP contribution in [0.2, 0.25) is 0 Å². The first-order chi connectivity index (χ1) is 11.2. The van der Waals surface area contributed by atoms with Crippen molar-refractivity contribution in [1.29, 1.82) is 0 Å². The van der Waals surface area contributed by atoms with Crippen LogP contribution in [-0.4, -0.2) is 54.4 Å². The first-order valence-electron chi connectivity index (χ1n) is 8.52. The summed E-state index contributed by atoms with van der Waals surface area (Å²) in [5, 5.41) is 0. The number of carbonyl (C=O) groups excluding carboxylic acids is 2. The van der Waals surface area contributed by atoms with Crippen LogP contribution in [0, 0.1) is 0 Å². The molecular weight excluding hydrogens is 292 g/mol. The van der Waals surface area contributed by atoms with E-state index in [-0.39, 0.29) is 11.8 Å². The molecule has 5 nitrogen and oxygen atoms in total. The second-order valence-electron chi connectivity index (χ2n) is 6.20. The Balaban J connectivity index is 1.62. The van der Waals surface area contributed by atoms with E-state index in [9.17, 15) is 9.59 Å². The van der Waals surface area contributed by atoms with E-state index in [1.807, 2.05) is 34.9 Å². The van der Waals surface area contributed by atoms with E-state index in [2.05, 4.69) is 0 Å². The number of carbonyl (C=O) groups is 2. The first kappa shape index (κ1) is 15.8. The maximum atomic E-state index is 12.7. The summed E-state index contributed by atoms with van der Waals surface area (Å²) in [4.78, 5) is 28.3. The van der Waals surface area contributed by atoms with E-state index in [1.54, 1.807) is 0 Å². The molecule has 23 heavy (non-hydrogen) atoms. The van der Waals surface area contributed by atoms with E-state index in [4.69, 9.17) is 4.74 Å². The van der Waals surface area contributed by atoms with Gasteiger partial charge in [0.25, 0.3) is 5.91 Å². The molecule has 0 bridgehead atoms. The molecule has 1 fully saturated rings. The van der Waals surface area contributed by atoms with Gasteiger partial charge in [-0.1, -0.05) is 6.92 Å². The van der Waals surface area contributed by atoms with Crippen LogP contribution in [0.1, 0.15) is 42.1 Å². The van der Waals surface area contributed by atoms with E-state index < -0.39 is 0 Å². The molecule has 1 aromatic carbocycles. The van der Waals surface area contributed by atoms with Gasteiger partial charge in [0, 0.05) is 38.2 Å². The van der Waals surface area contributed by atoms with Gasteiger partial charge in [0.15, 0.2) is 0 Å². The van der Waals surface area contributed by atoms with Crippen LogP contribution in [0.15, 0.2) is 18.2 Å². The van der Waals surface area contributed by atoms with Crippen LogP contribution in [-0.2, 0) is 11.2 Å². The molecule has 0 radical (unpaired) electrons. The molecule has 0 aliphatic carbocycles. The maximum Gasteiger partial charge on any atom is 0.253 e. The third-order valence-corrected chi connectivity index (χ3v) is 4.54. The minimum absolute atomic E-state index is 0.0564. The highest BCUT2D eigenvalue weighted by atomic mass is 16.5. The van der Waals surface area contributed by atoms with Gasteiger partial charge in [-0.2, -0.15) is 0 Å². The number of hydrogen-bond donors (Lipinski definition) is 0. The van der Waals surface area contributed by atoms with Crippen molar-refractivity contribution in [2.75, 3.05) is 32.8 Å². The van der Waals surface area contributed by atoms with Gasteiger partial charge in [-0.15, -0.1) is 0 Å². The molecule has 0 spiro atoms. The number of aryl methyl sites for hydroxylation is 1. The minimum Gasteiger partial charge on any atom is -0.493 e. The molecule has 1 saturated heterocycles. The maximum absolute atomic E-state index is 12.7. The van der Waals surface area contributed by atoms with Crippen molar-refractivity contribution in [3.05, 3.63) is 29.3 Å². The van der Waals surface area contributed by atoms with Gasteiger partial charge in [0.05, 0.1) is 6.61 Å². The fraction of sp³-hybridized carbons (Fsp3) is 0.556. The third-order valence-electron chi connectivity index (χ3n) is 4.54. The standard InChI is InChI=1S/C18H24N2O3/c1-2-4-17(21)19-8-10-20(11-9-19)18(22)15-6-7-16-14(13-15)5-3-12-23-16/h6-7,13H,2-5,8-12H2,1H3. The molecule has 2 aliphatic heterocycles. The van der Waals surface area contributed by atoms with Crippen LogP contribution >= 0.6 is 0 Å². The Hall–Kier alpha value is -2.04. The summed E-state index contributed by atoms with van der Waals surface area (Å²) in [5.41, 5.74) is 1.85. The van der Waals surface area contributed by atoms with Crippen LogP contribution < -0.4 is 4.74 Å². The molecule has 5 heteroatoms. The normalized spacial score (nSPS) is 17.4. The van der Waals surface area contributed by atoms with Crippen molar-refractivity contribution in [3.63, 3.8) is 0 Å². The molecule has 0 aromatic heterocycles. The third kappa shape index (κ3) is 3.49. The zero-order valence-corrected chi connectivity index (χ0v) is 13.7. The minimum atomic E-state index is 0.0564. The summed E-state index contributed by atoms with van der Waals surface area (Å²) >= 11 is 0. The van der Waals surface area contributed by atoms with Gasteiger partial charge in [-0.3, -0.25) is 9.59 Å². The number of hydrogen-bond acceptors (Lipinski definition) is 3. The Morgan fingerprint density at radius 1 is 1.13 bits per heavy atom. The number of ether oxygens (including phenoxy) is 1. The van der Waals surface area contributed by atoms with E-state index in [0.717, 1.165) is 42.7 Å². The number of amides is 2.